The van der Waals surface area contributed by atoms with Gasteiger partial charge in [0, 0.05) is 12.5 Å². The van der Waals surface area contributed by atoms with Crippen molar-refractivity contribution in [2.45, 2.75) is 18.4 Å². The lowest BCUT2D eigenvalue weighted by molar-refractivity contribution is -0.142. The number of hydrogen-bond acceptors (Lipinski definition) is 6. The van der Waals surface area contributed by atoms with E-state index in [-0.39, 0.29) is 32.3 Å². The van der Waals surface area contributed by atoms with Gasteiger partial charge in [-0.25, -0.2) is 9.59 Å². The Labute approximate surface area is 197 Å². The van der Waals surface area contributed by atoms with Gasteiger partial charge in [0.05, 0.1) is 6.61 Å². The van der Waals surface area contributed by atoms with Crippen LogP contribution in [0.3, 0.4) is 0 Å². The summed E-state index contributed by atoms with van der Waals surface area (Å²) in [7, 11) is 0. The minimum absolute atomic E-state index is 0.0172. The van der Waals surface area contributed by atoms with E-state index in [9.17, 15) is 14.4 Å². The SMILES string of the molecule is CSCC[C@H](NC(=O)COCCNC(=O)OCC1c2ccccc2-c2ccccc21)C(=O)O. The number of hydrogen-bond donors (Lipinski definition) is 3. The molecule has 0 heterocycles. The second kappa shape index (κ2) is 12.3. The lowest BCUT2D eigenvalue weighted by Crippen LogP contribution is -2.43. The predicted molar refractivity (Wildman–Crippen MR) is 126 cm³/mol. The number of benzene rings is 2. The molecule has 1 aliphatic rings. The van der Waals surface area contributed by atoms with Gasteiger partial charge in [0.15, 0.2) is 0 Å². The molecule has 1 aliphatic carbocycles. The van der Waals surface area contributed by atoms with E-state index in [0.717, 1.165) is 22.3 Å². The molecule has 0 saturated heterocycles. The van der Waals surface area contributed by atoms with Crippen molar-refractivity contribution in [2.75, 3.05) is 38.4 Å². The van der Waals surface area contributed by atoms with Crippen molar-refractivity contribution < 1.29 is 29.0 Å². The quantitative estimate of drug-likeness (QED) is 0.407. The molecule has 176 valence electrons. The summed E-state index contributed by atoms with van der Waals surface area (Å²) >= 11 is 1.51. The molecule has 3 rings (SSSR count). The molecule has 0 aliphatic heterocycles. The normalized spacial score (nSPS) is 13.0. The Morgan fingerprint density at radius 3 is 2.30 bits per heavy atom. The number of carbonyl (C=O) groups excluding carboxylic acids is 2. The summed E-state index contributed by atoms with van der Waals surface area (Å²) < 4.78 is 10.7. The molecule has 0 bridgehead atoms. The monoisotopic (exact) mass is 472 g/mol. The van der Waals surface area contributed by atoms with Crippen LogP contribution in [0.1, 0.15) is 23.5 Å². The fraction of sp³-hybridized carbons (Fsp3) is 0.375. The van der Waals surface area contributed by atoms with Crippen LogP contribution in [0.25, 0.3) is 11.1 Å². The Kier molecular flexibility index (Phi) is 9.14. The van der Waals surface area contributed by atoms with Crippen LogP contribution in [0, 0.1) is 0 Å². The molecular formula is C24H28N2O6S. The highest BCUT2D eigenvalue weighted by Crippen LogP contribution is 2.44. The molecule has 9 heteroatoms. The third-order valence-electron chi connectivity index (χ3n) is 5.34. The minimum atomic E-state index is -1.07. The maximum absolute atomic E-state index is 12.1. The largest absolute Gasteiger partial charge is 0.480 e. The summed E-state index contributed by atoms with van der Waals surface area (Å²) in [6.45, 7) is 0.199. The molecule has 33 heavy (non-hydrogen) atoms. The van der Waals surface area contributed by atoms with Gasteiger partial charge in [-0.3, -0.25) is 4.79 Å². The Bertz CT molecular complexity index is 937. The van der Waals surface area contributed by atoms with Crippen molar-refractivity contribution in [3.63, 3.8) is 0 Å². The number of nitrogens with one attached hydrogen (secondary N) is 2. The number of aliphatic carboxylic acids is 1. The van der Waals surface area contributed by atoms with E-state index in [2.05, 4.69) is 34.9 Å². The van der Waals surface area contributed by atoms with Gasteiger partial charge in [0.1, 0.15) is 19.3 Å². The number of carboxylic acids is 1. The van der Waals surface area contributed by atoms with Crippen LogP contribution in [-0.4, -0.2) is 67.5 Å². The Morgan fingerprint density at radius 1 is 1.06 bits per heavy atom. The molecule has 0 saturated carbocycles. The highest BCUT2D eigenvalue weighted by Gasteiger charge is 2.29. The van der Waals surface area contributed by atoms with Crippen LogP contribution < -0.4 is 10.6 Å². The van der Waals surface area contributed by atoms with Crippen molar-refractivity contribution in [1.29, 1.82) is 0 Å². The summed E-state index contributed by atoms with van der Waals surface area (Å²) in [6, 6.07) is 15.3. The number of fused-ring (bicyclic) bond motifs is 3. The maximum Gasteiger partial charge on any atom is 0.407 e. The fourth-order valence-electron chi connectivity index (χ4n) is 3.77. The number of carboxylic acid groups (broad SMARTS) is 1. The first-order chi connectivity index (χ1) is 16.0. The first kappa shape index (κ1) is 24.6. The Hall–Kier alpha value is -3.04. The predicted octanol–water partition coefficient (Wildman–Crippen LogP) is 2.86. The zero-order valence-electron chi connectivity index (χ0n) is 18.4. The molecule has 0 fully saturated rings. The number of rotatable bonds is 12. The van der Waals surface area contributed by atoms with Gasteiger partial charge >= 0.3 is 12.1 Å². The highest BCUT2D eigenvalue weighted by atomic mass is 32.2. The Balaban J connectivity index is 1.36. The zero-order valence-corrected chi connectivity index (χ0v) is 19.2. The molecule has 0 unspecified atom stereocenters. The topological polar surface area (TPSA) is 114 Å². The van der Waals surface area contributed by atoms with Crippen LogP contribution >= 0.6 is 11.8 Å². The average molecular weight is 473 g/mol. The van der Waals surface area contributed by atoms with Gasteiger partial charge in [-0.2, -0.15) is 11.8 Å². The molecule has 2 aromatic rings. The van der Waals surface area contributed by atoms with Crippen LogP contribution in [0.4, 0.5) is 4.79 Å². The van der Waals surface area contributed by atoms with Crippen LogP contribution in [0.15, 0.2) is 48.5 Å². The number of thioether (sulfide) groups is 1. The van der Waals surface area contributed by atoms with E-state index < -0.39 is 24.0 Å². The molecule has 8 nitrogen and oxygen atoms in total. The van der Waals surface area contributed by atoms with E-state index in [1.54, 1.807) is 0 Å². The fourth-order valence-corrected chi connectivity index (χ4v) is 4.24. The summed E-state index contributed by atoms with van der Waals surface area (Å²) in [4.78, 5) is 35.1. The first-order valence-electron chi connectivity index (χ1n) is 10.7. The highest BCUT2D eigenvalue weighted by molar-refractivity contribution is 7.98. The van der Waals surface area contributed by atoms with Gasteiger partial charge in [0.25, 0.3) is 0 Å². The third-order valence-corrected chi connectivity index (χ3v) is 5.98. The molecule has 1 atom stereocenters. The summed E-state index contributed by atoms with van der Waals surface area (Å²) in [5.41, 5.74) is 4.59. The lowest BCUT2D eigenvalue weighted by Gasteiger charge is -2.15. The van der Waals surface area contributed by atoms with Crippen LogP contribution in [-0.2, 0) is 19.1 Å². The summed E-state index contributed by atoms with van der Waals surface area (Å²) in [5, 5.41) is 14.2. The minimum Gasteiger partial charge on any atom is -0.480 e. The maximum atomic E-state index is 12.1. The molecule has 2 aromatic carbocycles. The molecule has 0 aromatic heterocycles. The van der Waals surface area contributed by atoms with E-state index >= 15 is 0 Å². The molecular weight excluding hydrogens is 444 g/mol. The van der Waals surface area contributed by atoms with Gasteiger partial charge in [-0.1, -0.05) is 48.5 Å². The lowest BCUT2D eigenvalue weighted by atomic mass is 9.98. The standard InChI is InChI=1S/C24H28N2O6S/c1-33-13-10-21(23(28)29)26-22(27)15-31-12-11-25-24(30)32-14-20-18-8-4-2-6-16(18)17-7-3-5-9-19(17)20/h2-9,20-21H,10-15H2,1H3,(H,25,30)(H,26,27)(H,28,29)/t21-/m0/s1. The van der Waals surface area contributed by atoms with Crippen molar-refractivity contribution in [1.82, 2.24) is 10.6 Å². The molecule has 0 spiro atoms. The average Bonchev–Trinajstić information content (AvgIpc) is 3.13. The van der Waals surface area contributed by atoms with Crippen molar-refractivity contribution >= 4 is 29.7 Å². The van der Waals surface area contributed by atoms with Gasteiger partial charge in [0.2, 0.25) is 5.91 Å². The Morgan fingerprint density at radius 2 is 1.70 bits per heavy atom. The number of carbonyl (C=O) groups is 3. The molecule has 2 amide bonds. The van der Waals surface area contributed by atoms with Crippen molar-refractivity contribution in [2.24, 2.45) is 0 Å². The van der Waals surface area contributed by atoms with Crippen LogP contribution in [0.5, 0.6) is 0 Å². The van der Waals surface area contributed by atoms with Crippen molar-refractivity contribution in [3.05, 3.63) is 59.7 Å². The van der Waals surface area contributed by atoms with Crippen LogP contribution in [0.2, 0.25) is 0 Å². The van der Waals surface area contributed by atoms with Crippen molar-refractivity contribution in [3.8, 4) is 11.1 Å². The summed E-state index contributed by atoms with van der Waals surface area (Å²) in [5.74, 6) is -0.974. The second-order valence-electron chi connectivity index (χ2n) is 7.54. The zero-order chi connectivity index (χ0) is 23.6. The van der Waals surface area contributed by atoms with E-state index in [4.69, 9.17) is 14.6 Å². The van der Waals surface area contributed by atoms with E-state index in [1.807, 2.05) is 30.5 Å². The summed E-state index contributed by atoms with van der Waals surface area (Å²) in [6.07, 6.45) is 1.65. The first-order valence-corrected chi connectivity index (χ1v) is 12.1. The number of ether oxygens (including phenoxy) is 2. The number of alkyl carbamates (subject to hydrolysis) is 1. The van der Waals surface area contributed by atoms with E-state index in [1.165, 1.54) is 11.8 Å². The van der Waals surface area contributed by atoms with Gasteiger partial charge < -0.3 is 25.2 Å². The van der Waals surface area contributed by atoms with Gasteiger partial charge in [-0.05, 0) is 40.7 Å². The molecule has 0 radical (unpaired) electrons. The van der Waals surface area contributed by atoms with E-state index in [0.29, 0.717) is 12.2 Å². The third kappa shape index (κ3) is 6.72. The molecule has 3 N–H and O–H groups in total. The van der Waals surface area contributed by atoms with Gasteiger partial charge in [-0.15, -0.1) is 0 Å². The number of amides is 2. The second-order valence-corrected chi connectivity index (χ2v) is 8.53. The smallest absolute Gasteiger partial charge is 0.407 e.